The lowest BCUT2D eigenvalue weighted by atomic mass is 10.0. The second kappa shape index (κ2) is 10.9. The van der Waals surface area contributed by atoms with Crippen molar-refractivity contribution in [2.75, 3.05) is 26.7 Å². The van der Waals surface area contributed by atoms with Crippen LogP contribution in [0.5, 0.6) is 0 Å². The SMILES string of the molecule is COC(=O)CN1CCC(N[C@H]2CC2C(C)=Cc2ccccc2)CC1.Cl.Cl. The Morgan fingerprint density at radius 2 is 1.88 bits per heavy atom. The van der Waals surface area contributed by atoms with Crippen LogP contribution in [-0.4, -0.2) is 49.7 Å². The van der Waals surface area contributed by atoms with E-state index in [9.17, 15) is 4.79 Å². The molecule has 26 heavy (non-hydrogen) atoms. The molecule has 4 nitrogen and oxygen atoms in total. The van der Waals surface area contributed by atoms with Gasteiger partial charge >= 0.3 is 5.97 Å². The maximum Gasteiger partial charge on any atom is 0.319 e. The predicted molar refractivity (Wildman–Crippen MR) is 111 cm³/mol. The molecule has 6 heteroatoms. The molecule has 0 radical (unpaired) electrons. The van der Waals surface area contributed by atoms with Crippen molar-refractivity contribution in [3.05, 3.63) is 41.5 Å². The summed E-state index contributed by atoms with van der Waals surface area (Å²) in [6.45, 7) is 4.62. The zero-order valence-electron chi connectivity index (χ0n) is 15.5. The van der Waals surface area contributed by atoms with Gasteiger partial charge in [-0.15, -0.1) is 24.8 Å². The van der Waals surface area contributed by atoms with Crippen LogP contribution in [0.1, 0.15) is 31.7 Å². The molecule has 146 valence electrons. The van der Waals surface area contributed by atoms with E-state index in [0.717, 1.165) is 25.9 Å². The van der Waals surface area contributed by atoms with Gasteiger partial charge in [0.2, 0.25) is 0 Å². The highest BCUT2D eigenvalue weighted by atomic mass is 35.5. The van der Waals surface area contributed by atoms with Crippen molar-refractivity contribution in [2.45, 2.75) is 38.3 Å². The van der Waals surface area contributed by atoms with Crippen LogP contribution in [0.3, 0.4) is 0 Å². The lowest BCUT2D eigenvalue weighted by molar-refractivity contribution is -0.142. The molecule has 1 N–H and O–H groups in total. The molecular weight excluding hydrogens is 371 g/mol. The van der Waals surface area contributed by atoms with Crippen LogP contribution in [0, 0.1) is 5.92 Å². The number of piperidine rings is 1. The van der Waals surface area contributed by atoms with Crippen LogP contribution in [-0.2, 0) is 9.53 Å². The molecule has 1 saturated heterocycles. The second-order valence-electron chi connectivity index (χ2n) is 7.04. The Labute approximate surface area is 169 Å². The van der Waals surface area contributed by atoms with Gasteiger partial charge in [-0.3, -0.25) is 9.69 Å². The predicted octanol–water partition coefficient (Wildman–Crippen LogP) is 3.55. The summed E-state index contributed by atoms with van der Waals surface area (Å²) in [7, 11) is 1.45. The second-order valence-corrected chi connectivity index (χ2v) is 7.04. The molecule has 2 atom stereocenters. The van der Waals surface area contributed by atoms with E-state index in [0.29, 0.717) is 24.5 Å². The molecular formula is C20H30Cl2N2O2. The number of nitrogens with one attached hydrogen (secondary N) is 1. The highest BCUT2D eigenvalue weighted by Gasteiger charge is 2.39. The van der Waals surface area contributed by atoms with Crippen molar-refractivity contribution >= 4 is 36.9 Å². The summed E-state index contributed by atoms with van der Waals surface area (Å²) in [5.41, 5.74) is 2.76. The van der Waals surface area contributed by atoms with E-state index in [4.69, 9.17) is 4.74 Å². The van der Waals surface area contributed by atoms with Crippen LogP contribution < -0.4 is 5.32 Å². The van der Waals surface area contributed by atoms with Gasteiger partial charge in [-0.1, -0.05) is 42.0 Å². The number of ether oxygens (including phenoxy) is 1. The van der Waals surface area contributed by atoms with Crippen molar-refractivity contribution in [1.29, 1.82) is 0 Å². The highest BCUT2D eigenvalue weighted by molar-refractivity contribution is 5.85. The average molecular weight is 401 g/mol. The topological polar surface area (TPSA) is 41.6 Å². The molecule has 1 saturated carbocycles. The summed E-state index contributed by atoms with van der Waals surface area (Å²) < 4.78 is 4.74. The van der Waals surface area contributed by atoms with Gasteiger partial charge in [0.25, 0.3) is 0 Å². The summed E-state index contributed by atoms with van der Waals surface area (Å²) in [4.78, 5) is 13.5. The Morgan fingerprint density at radius 3 is 2.50 bits per heavy atom. The standard InChI is InChI=1S/C20H28N2O2.2ClH/c1-15(12-16-6-4-3-5-7-16)18-13-19(18)21-17-8-10-22(11-9-17)14-20(23)24-2;;/h3-7,12,17-19,21H,8-11,13-14H2,1-2H3;2*1H/t18?,19-;;/m0../s1. The van der Waals surface area contributed by atoms with Gasteiger partial charge in [0.1, 0.15) is 0 Å². The van der Waals surface area contributed by atoms with Gasteiger partial charge in [-0.25, -0.2) is 0 Å². The number of hydrogen-bond acceptors (Lipinski definition) is 4. The third-order valence-electron chi connectivity index (χ3n) is 5.19. The number of rotatable bonds is 6. The van der Waals surface area contributed by atoms with Crippen molar-refractivity contribution in [2.24, 2.45) is 5.92 Å². The Morgan fingerprint density at radius 1 is 1.23 bits per heavy atom. The molecule has 1 unspecified atom stereocenters. The maximum atomic E-state index is 11.3. The molecule has 1 aromatic carbocycles. The first-order valence-electron chi connectivity index (χ1n) is 8.94. The fourth-order valence-electron chi connectivity index (χ4n) is 3.61. The minimum atomic E-state index is -0.134. The molecule has 0 amide bonds. The Hall–Kier alpha value is -1.07. The van der Waals surface area contributed by atoms with Gasteiger partial charge in [0.15, 0.2) is 0 Å². The Balaban J connectivity index is 0.00000169. The Kier molecular flexibility index (Phi) is 9.66. The first-order valence-corrected chi connectivity index (χ1v) is 8.94. The van der Waals surface area contributed by atoms with Gasteiger partial charge in [-0.2, -0.15) is 0 Å². The normalized spacial score (nSPS) is 23.5. The summed E-state index contributed by atoms with van der Waals surface area (Å²) in [6, 6.07) is 11.8. The number of hydrogen-bond donors (Lipinski definition) is 1. The molecule has 3 rings (SSSR count). The van der Waals surface area contributed by atoms with Gasteiger partial charge in [0, 0.05) is 25.2 Å². The molecule has 0 aromatic heterocycles. The van der Waals surface area contributed by atoms with Gasteiger partial charge < -0.3 is 10.1 Å². The fraction of sp³-hybridized carbons (Fsp3) is 0.550. The maximum absolute atomic E-state index is 11.3. The summed E-state index contributed by atoms with van der Waals surface area (Å²) in [5.74, 6) is 0.545. The summed E-state index contributed by atoms with van der Waals surface area (Å²) in [5, 5.41) is 3.81. The smallest absolute Gasteiger partial charge is 0.319 e. The van der Waals surface area contributed by atoms with Crippen LogP contribution in [0.4, 0.5) is 0 Å². The molecule has 0 spiro atoms. The van der Waals surface area contributed by atoms with Crippen molar-refractivity contribution in [3.63, 3.8) is 0 Å². The number of benzene rings is 1. The third-order valence-corrected chi connectivity index (χ3v) is 5.19. The minimum absolute atomic E-state index is 0. The number of carbonyl (C=O) groups excluding carboxylic acids is 1. The molecule has 1 aromatic rings. The monoisotopic (exact) mass is 400 g/mol. The number of nitrogens with zero attached hydrogens (tertiary/aromatic N) is 1. The van der Waals surface area contributed by atoms with Crippen LogP contribution in [0.15, 0.2) is 35.9 Å². The first kappa shape index (κ1) is 23.0. The molecule has 1 aliphatic carbocycles. The molecule has 1 aliphatic heterocycles. The van der Waals surface area contributed by atoms with E-state index < -0.39 is 0 Å². The van der Waals surface area contributed by atoms with E-state index in [1.807, 2.05) is 0 Å². The summed E-state index contributed by atoms with van der Waals surface area (Å²) in [6.07, 6.45) is 5.78. The fourth-order valence-corrected chi connectivity index (χ4v) is 3.61. The number of methoxy groups -OCH3 is 1. The lowest BCUT2D eigenvalue weighted by Crippen LogP contribution is -2.45. The zero-order chi connectivity index (χ0) is 16.9. The van der Waals surface area contributed by atoms with Crippen LogP contribution >= 0.6 is 24.8 Å². The zero-order valence-corrected chi connectivity index (χ0v) is 17.2. The number of esters is 1. The van der Waals surface area contributed by atoms with Crippen molar-refractivity contribution in [3.8, 4) is 0 Å². The highest BCUT2D eigenvalue weighted by Crippen LogP contribution is 2.38. The lowest BCUT2D eigenvalue weighted by Gasteiger charge is -2.31. The van der Waals surface area contributed by atoms with Crippen LogP contribution in [0.2, 0.25) is 0 Å². The van der Waals surface area contributed by atoms with E-state index in [2.05, 4.69) is 53.5 Å². The first-order chi connectivity index (χ1) is 11.7. The molecule has 2 fully saturated rings. The summed E-state index contributed by atoms with van der Waals surface area (Å²) >= 11 is 0. The third kappa shape index (κ3) is 6.58. The van der Waals surface area contributed by atoms with E-state index >= 15 is 0 Å². The number of carbonyl (C=O) groups is 1. The van der Waals surface area contributed by atoms with Gasteiger partial charge in [0.05, 0.1) is 13.7 Å². The molecule has 2 aliphatic rings. The molecule has 1 heterocycles. The van der Waals surface area contributed by atoms with Gasteiger partial charge in [-0.05, 0) is 37.7 Å². The molecule has 0 bridgehead atoms. The van der Waals surface area contributed by atoms with Crippen LogP contribution in [0.25, 0.3) is 6.08 Å². The Bertz CT molecular complexity index is 587. The quantitative estimate of drug-likeness (QED) is 0.741. The van der Waals surface area contributed by atoms with E-state index in [-0.39, 0.29) is 30.8 Å². The number of halogens is 2. The minimum Gasteiger partial charge on any atom is -0.468 e. The largest absolute Gasteiger partial charge is 0.468 e. The van der Waals surface area contributed by atoms with E-state index in [1.165, 1.54) is 24.7 Å². The van der Waals surface area contributed by atoms with Crippen molar-refractivity contribution in [1.82, 2.24) is 10.2 Å². The number of likely N-dealkylation sites (tertiary alicyclic amines) is 1. The van der Waals surface area contributed by atoms with Crippen molar-refractivity contribution < 1.29 is 9.53 Å². The average Bonchev–Trinajstić information content (AvgIpc) is 3.37. The van der Waals surface area contributed by atoms with E-state index in [1.54, 1.807) is 0 Å².